The van der Waals surface area contributed by atoms with Crippen molar-refractivity contribution in [3.8, 4) is 5.69 Å². The molecule has 1 aliphatic carbocycles. The number of aromatic nitrogens is 4. The fourth-order valence-corrected chi connectivity index (χ4v) is 4.07. The molecule has 6 nitrogen and oxygen atoms in total. The molecule has 1 aromatic heterocycles. The number of hydrogen-bond acceptors (Lipinski definition) is 5. The van der Waals surface area contributed by atoms with E-state index in [0.29, 0.717) is 16.1 Å². The molecule has 0 bridgehead atoms. The highest BCUT2D eigenvalue weighted by atomic mass is 35.5. The maximum atomic E-state index is 12.6. The predicted octanol–water partition coefficient (Wildman–Crippen LogP) is 3.49. The van der Waals surface area contributed by atoms with Gasteiger partial charge in [-0.3, -0.25) is 4.79 Å². The van der Waals surface area contributed by atoms with Crippen LogP contribution < -0.4 is 5.32 Å². The molecule has 0 aliphatic heterocycles. The van der Waals surface area contributed by atoms with E-state index in [4.69, 9.17) is 11.6 Å². The topological polar surface area (TPSA) is 72.7 Å². The normalized spacial score (nSPS) is 21.7. The lowest BCUT2D eigenvalue weighted by atomic mass is 9.86. The zero-order valence-electron chi connectivity index (χ0n) is 14.4. The Balaban J connectivity index is 1.66. The van der Waals surface area contributed by atoms with Gasteiger partial charge in [0.1, 0.15) is 0 Å². The van der Waals surface area contributed by atoms with Crippen LogP contribution in [0.4, 0.5) is 0 Å². The highest BCUT2D eigenvalue weighted by molar-refractivity contribution is 8.00. The van der Waals surface area contributed by atoms with E-state index < -0.39 is 0 Å². The summed E-state index contributed by atoms with van der Waals surface area (Å²) < 4.78 is 1.60. The predicted molar refractivity (Wildman–Crippen MR) is 99.0 cm³/mol. The van der Waals surface area contributed by atoms with Gasteiger partial charge in [0, 0.05) is 11.1 Å². The summed E-state index contributed by atoms with van der Waals surface area (Å²) in [6, 6.07) is 7.57. The number of halogens is 1. The van der Waals surface area contributed by atoms with E-state index in [9.17, 15) is 4.79 Å². The fraction of sp³-hybridized carbons (Fsp3) is 0.529. The zero-order valence-corrected chi connectivity index (χ0v) is 15.9. The molecular formula is C17H22ClN5OS. The Morgan fingerprint density at radius 3 is 2.96 bits per heavy atom. The van der Waals surface area contributed by atoms with Gasteiger partial charge in [0.15, 0.2) is 0 Å². The Hall–Kier alpha value is -1.60. The van der Waals surface area contributed by atoms with Crippen molar-refractivity contribution >= 4 is 29.3 Å². The van der Waals surface area contributed by atoms with Gasteiger partial charge in [0.2, 0.25) is 11.1 Å². The molecule has 1 N–H and O–H groups in total. The van der Waals surface area contributed by atoms with E-state index in [1.807, 2.05) is 19.1 Å². The summed E-state index contributed by atoms with van der Waals surface area (Å²) in [5.74, 6) is 0.566. The summed E-state index contributed by atoms with van der Waals surface area (Å²) in [5.41, 5.74) is 0.772. The van der Waals surface area contributed by atoms with E-state index in [1.54, 1.807) is 16.8 Å². The van der Waals surface area contributed by atoms with Crippen molar-refractivity contribution in [1.82, 2.24) is 25.5 Å². The zero-order chi connectivity index (χ0) is 17.8. The number of hydrogen-bond donors (Lipinski definition) is 1. The van der Waals surface area contributed by atoms with Crippen LogP contribution in [0, 0.1) is 5.92 Å². The fourth-order valence-electron chi connectivity index (χ4n) is 3.06. The van der Waals surface area contributed by atoms with Crippen LogP contribution in [0.1, 0.15) is 39.5 Å². The third-order valence-corrected chi connectivity index (χ3v) is 5.85. The van der Waals surface area contributed by atoms with Gasteiger partial charge < -0.3 is 5.32 Å². The highest BCUT2D eigenvalue weighted by Crippen LogP contribution is 2.26. The molecule has 134 valence electrons. The Morgan fingerprint density at radius 1 is 1.40 bits per heavy atom. The summed E-state index contributed by atoms with van der Waals surface area (Å²) in [6.07, 6.45) is 4.68. The molecule has 8 heteroatoms. The second-order valence-corrected chi connectivity index (χ2v) is 8.23. The maximum Gasteiger partial charge on any atom is 0.233 e. The Bertz CT molecular complexity index is 737. The summed E-state index contributed by atoms with van der Waals surface area (Å²) in [5, 5.41) is 15.9. The standard InChI is InChI=1S/C17H22ClN5OS/c1-11-6-3-4-9-15(11)19-16(24)12(2)25-17-20-21-22-23(17)14-8-5-7-13(18)10-14/h5,7-8,10-12,15H,3-4,6,9H2,1-2H3,(H,19,24)/t11-,12+,15-/m0/s1. The van der Waals surface area contributed by atoms with Gasteiger partial charge in [-0.15, -0.1) is 5.10 Å². The van der Waals surface area contributed by atoms with Gasteiger partial charge in [-0.05, 0) is 54.3 Å². The minimum absolute atomic E-state index is 0.0318. The first-order valence-electron chi connectivity index (χ1n) is 8.56. The van der Waals surface area contributed by atoms with Crippen LogP contribution in [-0.4, -0.2) is 37.4 Å². The van der Waals surface area contributed by atoms with Crippen LogP contribution in [0.5, 0.6) is 0 Å². The Labute approximate surface area is 156 Å². The number of nitrogens with one attached hydrogen (secondary N) is 1. The quantitative estimate of drug-likeness (QED) is 0.805. The molecule has 0 saturated heterocycles. The van der Waals surface area contributed by atoms with E-state index in [-0.39, 0.29) is 17.2 Å². The van der Waals surface area contributed by atoms with E-state index in [2.05, 4.69) is 27.8 Å². The van der Waals surface area contributed by atoms with Crippen LogP contribution in [0.25, 0.3) is 5.69 Å². The van der Waals surface area contributed by atoms with Crippen molar-refractivity contribution < 1.29 is 4.79 Å². The van der Waals surface area contributed by atoms with Crippen molar-refractivity contribution in [1.29, 1.82) is 0 Å². The third-order valence-electron chi connectivity index (χ3n) is 4.58. The average Bonchev–Trinajstić information content (AvgIpc) is 3.05. The maximum absolute atomic E-state index is 12.6. The Kier molecular flexibility index (Phi) is 5.96. The minimum Gasteiger partial charge on any atom is -0.352 e. The number of thioether (sulfide) groups is 1. The number of carbonyl (C=O) groups excluding carboxylic acids is 1. The average molecular weight is 380 g/mol. The van der Waals surface area contributed by atoms with Crippen LogP contribution in [0.2, 0.25) is 5.02 Å². The SMILES string of the molecule is C[C@@H](Sc1nnnn1-c1cccc(Cl)c1)C(=O)N[C@H]1CCCC[C@@H]1C. The molecule has 3 atom stereocenters. The number of carbonyl (C=O) groups is 1. The molecule has 3 rings (SSSR count). The summed E-state index contributed by atoms with van der Waals surface area (Å²) in [7, 11) is 0. The monoisotopic (exact) mass is 379 g/mol. The molecule has 0 spiro atoms. The largest absolute Gasteiger partial charge is 0.352 e. The van der Waals surface area contributed by atoms with Gasteiger partial charge in [0.25, 0.3) is 0 Å². The molecule has 1 heterocycles. The molecule has 2 aromatic rings. The number of nitrogens with zero attached hydrogens (tertiary/aromatic N) is 4. The molecule has 1 saturated carbocycles. The second-order valence-electron chi connectivity index (χ2n) is 6.49. The molecule has 1 fully saturated rings. The van der Waals surface area contributed by atoms with Crippen molar-refractivity contribution in [2.24, 2.45) is 5.92 Å². The Morgan fingerprint density at radius 2 is 2.20 bits per heavy atom. The third kappa shape index (κ3) is 4.52. The van der Waals surface area contributed by atoms with E-state index >= 15 is 0 Å². The van der Waals surface area contributed by atoms with Crippen LogP contribution in [0.15, 0.2) is 29.4 Å². The summed E-state index contributed by atoms with van der Waals surface area (Å²) in [4.78, 5) is 12.6. The van der Waals surface area contributed by atoms with Gasteiger partial charge >= 0.3 is 0 Å². The molecule has 0 radical (unpaired) electrons. The van der Waals surface area contributed by atoms with Crippen molar-refractivity contribution in [3.63, 3.8) is 0 Å². The first-order chi connectivity index (χ1) is 12.0. The number of tetrazole rings is 1. The molecule has 0 unspecified atom stereocenters. The van der Waals surface area contributed by atoms with Crippen LogP contribution >= 0.6 is 23.4 Å². The van der Waals surface area contributed by atoms with Crippen molar-refractivity contribution in [2.75, 3.05) is 0 Å². The van der Waals surface area contributed by atoms with Crippen LogP contribution in [0.3, 0.4) is 0 Å². The van der Waals surface area contributed by atoms with Gasteiger partial charge in [-0.1, -0.05) is 49.2 Å². The van der Waals surface area contributed by atoms with Gasteiger partial charge in [0.05, 0.1) is 10.9 Å². The first kappa shape index (κ1) is 18.2. The molecular weight excluding hydrogens is 358 g/mol. The molecule has 25 heavy (non-hydrogen) atoms. The number of amides is 1. The van der Waals surface area contributed by atoms with Gasteiger partial charge in [-0.2, -0.15) is 4.68 Å². The molecule has 1 aromatic carbocycles. The van der Waals surface area contributed by atoms with Crippen LogP contribution in [-0.2, 0) is 4.79 Å². The second kappa shape index (κ2) is 8.19. The lowest BCUT2D eigenvalue weighted by molar-refractivity contribution is -0.121. The minimum atomic E-state index is -0.280. The van der Waals surface area contributed by atoms with Gasteiger partial charge in [-0.25, -0.2) is 0 Å². The van der Waals surface area contributed by atoms with Crippen molar-refractivity contribution in [2.45, 2.75) is 56.0 Å². The smallest absolute Gasteiger partial charge is 0.233 e. The summed E-state index contributed by atoms with van der Waals surface area (Å²) in [6.45, 7) is 4.09. The molecule has 1 amide bonds. The van der Waals surface area contributed by atoms with Crippen molar-refractivity contribution in [3.05, 3.63) is 29.3 Å². The first-order valence-corrected chi connectivity index (χ1v) is 9.81. The summed E-state index contributed by atoms with van der Waals surface area (Å²) >= 11 is 7.39. The van der Waals surface area contributed by atoms with E-state index in [0.717, 1.165) is 12.1 Å². The lowest BCUT2D eigenvalue weighted by Crippen LogP contribution is -2.44. The highest BCUT2D eigenvalue weighted by Gasteiger charge is 2.26. The van der Waals surface area contributed by atoms with E-state index in [1.165, 1.54) is 31.0 Å². The number of rotatable bonds is 5. The lowest BCUT2D eigenvalue weighted by Gasteiger charge is -2.30. The number of benzene rings is 1. The molecule has 1 aliphatic rings.